The molecule has 0 bridgehead atoms. The van der Waals surface area contributed by atoms with Gasteiger partial charge in [-0.05, 0) is 42.7 Å². The number of benzene rings is 2. The average Bonchev–Trinajstić information content (AvgIpc) is 3.12. The number of nitrogens with one attached hydrogen (secondary N) is 1. The zero-order valence-electron chi connectivity index (χ0n) is 14.1. The maximum atomic E-state index is 12.7. The number of imidazole rings is 1. The minimum atomic E-state index is 0.103. The summed E-state index contributed by atoms with van der Waals surface area (Å²) in [6, 6.07) is 15.7. The zero-order valence-corrected chi connectivity index (χ0v) is 14.1. The molecule has 2 heterocycles. The van der Waals surface area contributed by atoms with Gasteiger partial charge in [0.2, 0.25) is 0 Å². The van der Waals surface area contributed by atoms with Gasteiger partial charge >= 0.3 is 0 Å². The summed E-state index contributed by atoms with van der Waals surface area (Å²) in [5, 5.41) is 0. The van der Waals surface area contributed by atoms with E-state index in [9.17, 15) is 4.79 Å². The van der Waals surface area contributed by atoms with Crippen LogP contribution in [0.1, 0.15) is 40.5 Å². The third-order valence-corrected chi connectivity index (χ3v) is 5.01. The van der Waals surface area contributed by atoms with E-state index in [1.165, 1.54) is 0 Å². The third kappa shape index (κ3) is 3.15. The number of hydrogen-bond acceptors (Lipinski definition) is 3. The van der Waals surface area contributed by atoms with Crippen molar-refractivity contribution >= 4 is 16.9 Å². The van der Waals surface area contributed by atoms with Crippen molar-refractivity contribution in [2.75, 3.05) is 13.1 Å². The van der Waals surface area contributed by atoms with E-state index in [-0.39, 0.29) is 5.91 Å². The predicted octanol–water partition coefficient (Wildman–Crippen LogP) is 3.04. The summed E-state index contributed by atoms with van der Waals surface area (Å²) in [6.07, 6.45) is 1.87. The number of nitrogens with zero attached hydrogens (tertiary/aromatic N) is 2. The number of rotatable bonds is 3. The van der Waals surface area contributed by atoms with Crippen LogP contribution in [0.2, 0.25) is 0 Å². The van der Waals surface area contributed by atoms with Crippen LogP contribution in [-0.2, 0) is 6.54 Å². The number of carbonyl (C=O) groups is 1. The van der Waals surface area contributed by atoms with Crippen LogP contribution >= 0.6 is 0 Å². The third-order valence-electron chi connectivity index (χ3n) is 5.01. The Morgan fingerprint density at radius 1 is 1.12 bits per heavy atom. The highest BCUT2D eigenvalue weighted by Crippen LogP contribution is 2.28. The normalized spacial score (nSPS) is 15.6. The van der Waals surface area contributed by atoms with E-state index in [0.29, 0.717) is 12.5 Å². The Hall–Kier alpha value is -2.66. The molecule has 1 aliphatic rings. The lowest BCUT2D eigenvalue weighted by atomic mass is 9.95. The number of hydrogen-bond donors (Lipinski definition) is 2. The second kappa shape index (κ2) is 6.69. The van der Waals surface area contributed by atoms with Gasteiger partial charge in [0.15, 0.2) is 0 Å². The number of aromatic amines is 1. The summed E-state index contributed by atoms with van der Waals surface area (Å²) in [5.74, 6) is 1.53. The molecule has 1 amide bonds. The average molecular weight is 334 g/mol. The van der Waals surface area contributed by atoms with Crippen LogP contribution in [0.3, 0.4) is 0 Å². The van der Waals surface area contributed by atoms with Gasteiger partial charge in [0.05, 0.1) is 11.0 Å². The van der Waals surface area contributed by atoms with Gasteiger partial charge in [-0.3, -0.25) is 4.79 Å². The first-order valence-electron chi connectivity index (χ1n) is 8.77. The lowest BCUT2D eigenvalue weighted by Gasteiger charge is -2.31. The molecule has 0 radical (unpaired) electrons. The summed E-state index contributed by atoms with van der Waals surface area (Å²) in [7, 11) is 0. The number of nitrogens with two attached hydrogens (primary N) is 1. The van der Waals surface area contributed by atoms with Crippen molar-refractivity contribution in [2.24, 2.45) is 5.73 Å². The van der Waals surface area contributed by atoms with E-state index in [0.717, 1.165) is 53.9 Å². The zero-order chi connectivity index (χ0) is 17.2. The number of para-hydroxylation sites is 2. The fourth-order valence-electron chi connectivity index (χ4n) is 3.49. The number of likely N-dealkylation sites (tertiary alicyclic amines) is 1. The van der Waals surface area contributed by atoms with E-state index in [1.54, 1.807) is 0 Å². The molecule has 5 nitrogen and oxygen atoms in total. The second-order valence-electron chi connectivity index (χ2n) is 6.61. The van der Waals surface area contributed by atoms with Crippen LogP contribution < -0.4 is 5.73 Å². The van der Waals surface area contributed by atoms with Crippen molar-refractivity contribution in [1.82, 2.24) is 14.9 Å². The number of fused-ring (bicyclic) bond motifs is 1. The molecule has 5 heteroatoms. The smallest absolute Gasteiger partial charge is 0.253 e. The molecule has 1 saturated heterocycles. The van der Waals surface area contributed by atoms with E-state index in [4.69, 9.17) is 10.7 Å². The van der Waals surface area contributed by atoms with Gasteiger partial charge in [-0.15, -0.1) is 0 Å². The highest BCUT2D eigenvalue weighted by Gasteiger charge is 2.26. The lowest BCUT2D eigenvalue weighted by molar-refractivity contribution is 0.0711. The minimum absolute atomic E-state index is 0.103. The maximum absolute atomic E-state index is 12.7. The largest absolute Gasteiger partial charge is 0.342 e. The van der Waals surface area contributed by atoms with Crippen LogP contribution in [0.15, 0.2) is 48.5 Å². The Kier molecular flexibility index (Phi) is 4.24. The van der Waals surface area contributed by atoms with Crippen LogP contribution in [0, 0.1) is 0 Å². The van der Waals surface area contributed by atoms with Crippen molar-refractivity contribution < 1.29 is 4.79 Å². The molecule has 4 rings (SSSR count). The van der Waals surface area contributed by atoms with Gasteiger partial charge in [0.1, 0.15) is 5.82 Å². The van der Waals surface area contributed by atoms with Gasteiger partial charge in [-0.2, -0.15) is 0 Å². The molecule has 1 aromatic heterocycles. The van der Waals surface area contributed by atoms with Crippen LogP contribution in [0.4, 0.5) is 0 Å². The number of aromatic nitrogens is 2. The standard InChI is InChI=1S/C20H22N4O/c21-13-14-5-7-16(8-6-14)20(25)24-11-9-15(10-12-24)19-22-17-3-1-2-4-18(17)23-19/h1-8,15H,9-13,21H2,(H,22,23). The van der Waals surface area contributed by atoms with Crippen LogP contribution in [0.5, 0.6) is 0 Å². The Bertz CT molecular complexity index is 843. The van der Waals surface area contributed by atoms with Crippen molar-refractivity contribution in [3.8, 4) is 0 Å². The molecule has 1 fully saturated rings. The van der Waals surface area contributed by atoms with E-state index < -0.39 is 0 Å². The Balaban J connectivity index is 1.42. The summed E-state index contributed by atoms with van der Waals surface area (Å²) < 4.78 is 0. The maximum Gasteiger partial charge on any atom is 0.253 e. The van der Waals surface area contributed by atoms with Crippen LogP contribution in [0.25, 0.3) is 11.0 Å². The van der Waals surface area contributed by atoms with Crippen molar-refractivity contribution in [2.45, 2.75) is 25.3 Å². The molecular formula is C20H22N4O. The molecule has 0 atom stereocenters. The first kappa shape index (κ1) is 15.8. The molecule has 25 heavy (non-hydrogen) atoms. The highest BCUT2D eigenvalue weighted by molar-refractivity contribution is 5.94. The number of carbonyl (C=O) groups excluding carboxylic acids is 1. The first-order chi connectivity index (χ1) is 12.2. The van der Waals surface area contributed by atoms with Gasteiger partial charge in [0.25, 0.3) is 5.91 Å². The lowest BCUT2D eigenvalue weighted by Crippen LogP contribution is -2.38. The second-order valence-corrected chi connectivity index (χ2v) is 6.61. The predicted molar refractivity (Wildman–Crippen MR) is 98.3 cm³/mol. The van der Waals surface area contributed by atoms with Crippen molar-refractivity contribution in [3.63, 3.8) is 0 Å². The number of amides is 1. The summed E-state index contributed by atoms with van der Waals surface area (Å²) in [6.45, 7) is 2.02. The fraction of sp³-hybridized carbons (Fsp3) is 0.300. The van der Waals surface area contributed by atoms with Gasteiger partial charge in [0, 0.05) is 31.1 Å². The highest BCUT2D eigenvalue weighted by atomic mass is 16.2. The quantitative estimate of drug-likeness (QED) is 0.773. The Labute approximate surface area is 146 Å². The van der Waals surface area contributed by atoms with Crippen LogP contribution in [-0.4, -0.2) is 33.9 Å². The monoisotopic (exact) mass is 334 g/mol. The molecule has 0 saturated carbocycles. The summed E-state index contributed by atoms with van der Waals surface area (Å²) in [4.78, 5) is 22.7. The molecular weight excluding hydrogens is 312 g/mol. The van der Waals surface area contributed by atoms with Crippen molar-refractivity contribution in [1.29, 1.82) is 0 Å². The summed E-state index contributed by atoms with van der Waals surface area (Å²) in [5.41, 5.74) is 9.48. The van der Waals surface area contributed by atoms with Crippen molar-refractivity contribution in [3.05, 3.63) is 65.5 Å². The Morgan fingerprint density at radius 3 is 2.52 bits per heavy atom. The van der Waals surface area contributed by atoms with Gasteiger partial charge in [-0.25, -0.2) is 4.98 Å². The molecule has 0 aliphatic carbocycles. The SMILES string of the molecule is NCc1ccc(C(=O)N2CCC(c3nc4ccccc4[nH]3)CC2)cc1. The number of H-pyrrole nitrogens is 1. The fourth-order valence-corrected chi connectivity index (χ4v) is 3.49. The van der Waals surface area contributed by atoms with E-state index in [2.05, 4.69) is 11.1 Å². The van der Waals surface area contributed by atoms with Gasteiger partial charge < -0.3 is 15.6 Å². The van der Waals surface area contributed by atoms with Gasteiger partial charge in [-0.1, -0.05) is 24.3 Å². The molecule has 3 aromatic rings. The first-order valence-corrected chi connectivity index (χ1v) is 8.77. The molecule has 2 aromatic carbocycles. The topological polar surface area (TPSA) is 75.0 Å². The molecule has 3 N–H and O–H groups in total. The van der Waals surface area contributed by atoms with E-state index >= 15 is 0 Å². The van der Waals surface area contributed by atoms with E-state index in [1.807, 2.05) is 47.4 Å². The molecule has 128 valence electrons. The Morgan fingerprint density at radius 2 is 1.84 bits per heavy atom. The minimum Gasteiger partial charge on any atom is -0.342 e. The molecule has 0 spiro atoms. The number of piperidine rings is 1. The molecule has 0 unspecified atom stereocenters. The summed E-state index contributed by atoms with van der Waals surface area (Å²) >= 11 is 0. The molecule has 1 aliphatic heterocycles.